The summed E-state index contributed by atoms with van der Waals surface area (Å²) in [7, 11) is 1.79. The van der Waals surface area contributed by atoms with E-state index >= 15 is 0 Å². The van der Waals surface area contributed by atoms with Crippen molar-refractivity contribution in [3.8, 4) is 0 Å². The maximum atomic E-state index is 10.4. The van der Waals surface area contributed by atoms with Crippen LogP contribution in [0, 0.1) is 0 Å². The van der Waals surface area contributed by atoms with Crippen LogP contribution in [0.25, 0.3) is 0 Å². The van der Waals surface area contributed by atoms with Crippen LogP contribution >= 0.6 is 0 Å². The lowest BCUT2D eigenvalue weighted by molar-refractivity contribution is -0.119. The predicted octanol–water partition coefficient (Wildman–Crippen LogP) is -0.191. The van der Waals surface area contributed by atoms with E-state index in [4.69, 9.17) is 0 Å². The molecule has 1 fully saturated rings. The Balaban J connectivity index is 2.40. The molecule has 4 nitrogen and oxygen atoms in total. The molecule has 68 valence electrons. The number of hydrogen-bond donors (Lipinski definition) is 0. The Morgan fingerprint density at radius 1 is 1.33 bits per heavy atom. The average Bonchev–Trinajstić information content (AvgIpc) is 2.17. The van der Waals surface area contributed by atoms with E-state index < -0.39 is 0 Å². The molecular formula is C8H15N3O. The van der Waals surface area contributed by atoms with Crippen molar-refractivity contribution >= 4 is 12.2 Å². The van der Waals surface area contributed by atoms with Gasteiger partial charge < -0.3 is 9.80 Å². The molecule has 12 heavy (non-hydrogen) atoms. The van der Waals surface area contributed by atoms with Gasteiger partial charge in [-0.3, -0.25) is 9.79 Å². The molecule has 0 bridgehead atoms. The maximum absolute atomic E-state index is 10.4. The Morgan fingerprint density at radius 3 is 2.33 bits per heavy atom. The normalized spacial score (nSPS) is 19.7. The average molecular weight is 169 g/mol. The number of carbonyl (C=O) groups excluding carboxylic acids is 1. The number of aliphatic imine (C=N–C) groups is 1. The van der Waals surface area contributed by atoms with Gasteiger partial charge in [0.1, 0.15) is 0 Å². The molecule has 0 aromatic carbocycles. The third-order valence-corrected chi connectivity index (χ3v) is 2.24. The Labute approximate surface area is 72.9 Å². The van der Waals surface area contributed by atoms with Crippen molar-refractivity contribution in [3.05, 3.63) is 0 Å². The third kappa shape index (κ3) is 1.96. The standard InChI is InChI=1S/C8H15N3O/c1-8(9-2)11-5-3-10(7-12)4-6-11/h7H,3-6H2,1-2H3. The summed E-state index contributed by atoms with van der Waals surface area (Å²) in [6, 6.07) is 0. The minimum Gasteiger partial charge on any atom is -0.357 e. The molecule has 4 heteroatoms. The van der Waals surface area contributed by atoms with Crippen molar-refractivity contribution in [2.24, 2.45) is 4.99 Å². The highest BCUT2D eigenvalue weighted by atomic mass is 16.1. The van der Waals surface area contributed by atoms with Gasteiger partial charge in [0.2, 0.25) is 6.41 Å². The van der Waals surface area contributed by atoms with Gasteiger partial charge in [0, 0.05) is 33.2 Å². The van der Waals surface area contributed by atoms with Gasteiger partial charge in [0.05, 0.1) is 5.84 Å². The summed E-state index contributed by atoms with van der Waals surface area (Å²) in [6.07, 6.45) is 0.912. The number of amides is 1. The molecule has 0 unspecified atom stereocenters. The Bertz CT molecular complexity index is 183. The summed E-state index contributed by atoms with van der Waals surface area (Å²) >= 11 is 0. The first-order chi connectivity index (χ1) is 5.77. The molecule has 0 spiro atoms. The van der Waals surface area contributed by atoms with Crippen LogP contribution in [0.5, 0.6) is 0 Å². The van der Waals surface area contributed by atoms with Crippen molar-refractivity contribution in [1.82, 2.24) is 9.80 Å². The number of rotatable bonds is 1. The van der Waals surface area contributed by atoms with E-state index in [1.807, 2.05) is 6.92 Å². The van der Waals surface area contributed by atoms with E-state index in [1.165, 1.54) is 0 Å². The Hall–Kier alpha value is -1.06. The molecule has 1 rings (SSSR count). The van der Waals surface area contributed by atoms with Crippen LogP contribution in [0.2, 0.25) is 0 Å². The highest BCUT2D eigenvalue weighted by molar-refractivity contribution is 5.79. The second-order valence-corrected chi connectivity index (χ2v) is 2.90. The Kier molecular flexibility index (Phi) is 3.08. The number of carbonyl (C=O) groups is 1. The van der Waals surface area contributed by atoms with E-state index in [0.29, 0.717) is 0 Å². The van der Waals surface area contributed by atoms with Crippen molar-refractivity contribution in [3.63, 3.8) is 0 Å². The minimum absolute atomic E-state index is 0.816. The Morgan fingerprint density at radius 2 is 1.92 bits per heavy atom. The molecule has 1 saturated heterocycles. The summed E-state index contributed by atoms with van der Waals surface area (Å²) < 4.78 is 0. The quantitative estimate of drug-likeness (QED) is 0.310. The molecule has 0 aromatic heterocycles. The first kappa shape index (κ1) is 9.03. The first-order valence-electron chi connectivity index (χ1n) is 4.15. The van der Waals surface area contributed by atoms with Crippen molar-refractivity contribution < 1.29 is 4.79 Å². The predicted molar refractivity (Wildman–Crippen MR) is 48.2 cm³/mol. The summed E-state index contributed by atoms with van der Waals surface area (Å²) in [5.41, 5.74) is 0. The van der Waals surface area contributed by atoms with Gasteiger partial charge in [-0.1, -0.05) is 0 Å². The third-order valence-electron chi connectivity index (χ3n) is 2.24. The summed E-state index contributed by atoms with van der Waals surface area (Å²) in [5, 5.41) is 0. The minimum atomic E-state index is 0.816. The lowest BCUT2D eigenvalue weighted by Crippen LogP contribution is -2.47. The smallest absolute Gasteiger partial charge is 0.209 e. The van der Waals surface area contributed by atoms with Crippen LogP contribution in [-0.4, -0.2) is 55.3 Å². The number of piperazine rings is 1. The molecular weight excluding hydrogens is 154 g/mol. The number of hydrogen-bond acceptors (Lipinski definition) is 2. The van der Waals surface area contributed by atoms with Crippen LogP contribution in [0.15, 0.2) is 4.99 Å². The number of nitrogens with zero attached hydrogens (tertiary/aromatic N) is 3. The van der Waals surface area contributed by atoms with Crippen LogP contribution < -0.4 is 0 Å². The maximum Gasteiger partial charge on any atom is 0.209 e. The lowest BCUT2D eigenvalue weighted by Gasteiger charge is -2.33. The van der Waals surface area contributed by atoms with Gasteiger partial charge in [0.25, 0.3) is 0 Å². The first-order valence-corrected chi connectivity index (χ1v) is 4.15. The van der Waals surface area contributed by atoms with Gasteiger partial charge in [0.15, 0.2) is 0 Å². The molecule has 1 amide bonds. The SMILES string of the molecule is CN=C(C)N1CCN(C=O)CC1. The van der Waals surface area contributed by atoms with Crippen LogP contribution in [0.1, 0.15) is 6.92 Å². The topological polar surface area (TPSA) is 35.9 Å². The van der Waals surface area contributed by atoms with Crippen molar-refractivity contribution in [1.29, 1.82) is 0 Å². The van der Waals surface area contributed by atoms with Crippen LogP contribution in [0.3, 0.4) is 0 Å². The second-order valence-electron chi connectivity index (χ2n) is 2.90. The molecule has 0 atom stereocenters. The van der Waals surface area contributed by atoms with E-state index in [2.05, 4.69) is 9.89 Å². The molecule has 1 aliphatic heterocycles. The number of amidine groups is 1. The molecule has 0 N–H and O–H groups in total. The summed E-state index contributed by atoms with van der Waals surface area (Å²) in [6.45, 7) is 5.44. The van der Waals surface area contributed by atoms with Crippen LogP contribution in [-0.2, 0) is 4.79 Å². The highest BCUT2D eigenvalue weighted by Crippen LogP contribution is 2.00. The molecule has 1 aliphatic rings. The fourth-order valence-electron chi connectivity index (χ4n) is 1.29. The summed E-state index contributed by atoms with van der Waals surface area (Å²) in [5.74, 6) is 1.06. The van der Waals surface area contributed by atoms with Gasteiger partial charge in [-0.15, -0.1) is 0 Å². The second kappa shape index (κ2) is 4.09. The van der Waals surface area contributed by atoms with Gasteiger partial charge in [-0.2, -0.15) is 0 Å². The zero-order valence-corrected chi connectivity index (χ0v) is 7.66. The van der Waals surface area contributed by atoms with Gasteiger partial charge in [-0.25, -0.2) is 0 Å². The molecule has 0 aromatic rings. The zero-order chi connectivity index (χ0) is 8.97. The fourth-order valence-corrected chi connectivity index (χ4v) is 1.29. The monoisotopic (exact) mass is 169 g/mol. The van der Waals surface area contributed by atoms with E-state index in [-0.39, 0.29) is 0 Å². The van der Waals surface area contributed by atoms with Gasteiger partial charge in [-0.05, 0) is 6.92 Å². The largest absolute Gasteiger partial charge is 0.357 e. The van der Waals surface area contributed by atoms with E-state index in [0.717, 1.165) is 38.4 Å². The molecule has 0 aliphatic carbocycles. The van der Waals surface area contributed by atoms with Gasteiger partial charge >= 0.3 is 0 Å². The van der Waals surface area contributed by atoms with E-state index in [1.54, 1.807) is 11.9 Å². The summed E-state index contributed by atoms with van der Waals surface area (Å²) in [4.78, 5) is 18.5. The highest BCUT2D eigenvalue weighted by Gasteiger charge is 2.15. The molecule has 0 saturated carbocycles. The van der Waals surface area contributed by atoms with Crippen molar-refractivity contribution in [2.45, 2.75) is 6.92 Å². The lowest BCUT2D eigenvalue weighted by atomic mass is 10.3. The van der Waals surface area contributed by atoms with E-state index in [9.17, 15) is 4.79 Å². The molecule has 0 radical (unpaired) electrons. The fraction of sp³-hybridized carbons (Fsp3) is 0.750. The zero-order valence-electron chi connectivity index (χ0n) is 7.66. The van der Waals surface area contributed by atoms with Crippen molar-refractivity contribution in [2.75, 3.05) is 33.2 Å². The molecule has 1 heterocycles. The van der Waals surface area contributed by atoms with Crippen LogP contribution in [0.4, 0.5) is 0 Å².